The monoisotopic (exact) mass is 194 g/mol. The van der Waals surface area contributed by atoms with E-state index in [4.69, 9.17) is 5.73 Å². The summed E-state index contributed by atoms with van der Waals surface area (Å²) in [5.74, 6) is -3.08. The molecule has 0 radical (unpaired) electrons. The van der Waals surface area contributed by atoms with Crippen molar-refractivity contribution in [1.29, 1.82) is 0 Å². The summed E-state index contributed by atoms with van der Waals surface area (Å²) >= 11 is 0. The molecule has 0 rings (SSSR count). The molecule has 0 fully saturated rings. The molecule has 5 nitrogen and oxygen atoms in total. The van der Waals surface area contributed by atoms with Crippen LogP contribution < -0.4 is 67.3 Å². The van der Waals surface area contributed by atoms with Crippen LogP contribution in [-0.2, 0) is 9.59 Å². The van der Waals surface area contributed by atoms with Crippen molar-refractivity contribution in [2.45, 2.75) is 12.5 Å². The minimum Gasteiger partial charge on any atom is -0.550 e. The molecule has 0 aromatic heterocycles. The number of carbonyl (C=O) groups excluding carboxylic acids is 2. The summed E-state index contributed by atoms with van der Waals surface area (Å²) in [5, 5.41) is 19.3. The molecule has 0 aliphatic carbocycles. The van der Waals surface area contributed by atoms with E-state index in [9.17, 15) is 19.8 Å². The fourth-order valence-corrected chi connectivity index (χ4v) is 0.263. The van der Waals surface area contributed by atoms with Crippen molar-refractivity contribution in [2.75, 3.05) is 0 Å². The van der Waals surface area contributed by atoms with Crippen molar-refractivity contribution >= 4 is 35.0 Å². The maximum atomic E-state index is 9.71. The van der Waals surface area contributed by atoms with E-state index in [0.717, 1.165) is 0 Å². The molecule has 0 heterocycles. The Kier molecular flexibility index (Phi) is 15.5. The zero-order valence-electron chi connectivity index (χ0n) is 6.20. The first-order valence-electron chi connectivity index (χ1n) is 2.20. The molecule has 0 spiro atoms. The van der Waals surface area contributed by atoms with E-state index in [1.807, 2.05) is 0 Å². The van der Waals surface area contributed by atoms with Gasteiger partial charge >= 0.3 is 74.4 Å². The Bertz CT molecular complexity index is 142. The van der Waals surface area contributed by atoms with Crippen LogP contribution in [0.2, 0.25) is 0 Å². The van der Waals surface area contributed by atoms with Crippen molar-refractivity contribution in [2.24, 2.45) is 5.73 Å². The van der Waals surface area contributed by atoms with Crippen molar-refractivity contribution in [3.05, 3.63) is 0 Å². The number of hydrogen-bond acceptors (Lipinski definition) is 5. The standard InChI is InChI=1S/C4H7NO4.K.Mg/c5-2(4(8)9)1-3(6)7;;/h2H,1,5H2,(H,6,7)(H,8,9);;/q;+1;+2/p-2. The van der Waals surface area contributed by atoms with Gasteiger partial charge < -0.3 is 25.5 Å². The van der Waals surface area contributed by atoms with Crippen molar-refractivity contribution < 1.29 is 71.2 Å². The fourth-order valence-electron chi connectivity index (χ4n) is 0.263. The normalized spacial score (nSPS) is 10.3. The third-order valence-electron chi connectivity index (χ3n) is 0.689. The Hall–Kier alpha value is 1.30. The van der Waals surface area contributed by atoms with Crippen molar-refractivity contribution in [3.8, 4) is 0 Å². The molecule has 0 amide bonds. The molecule has 1 atom stereocenters. The Morgan fingerprint density at radius 3 is 1.82 bits per heavy atom. The predicted octanol–water partition coefficient (Wildman–Crippen LogP) is -7.17. The van der Waals surface area contributed by atoms with Gasteiger partial charge in [-0.1, -0.05) is 0 Å². The summed E-state index contributed by atoms with van der Waals surface area (Å²) in [7, 11) is 0. The average molecular weight is 194 g/mol. The number of nitrogens with two attached hydrogens (primary N) is 1. The summed E-state index contributed by atoms with van der Waals surface area (Å²) in [5.41, 5.74) is 4.73. The molecular formula is C4H5KMgNO4+. The Morgan fingerprint density at radius 2 is 1.73 bits per heavy atom. The van der Waals surface area contributed by atoms with Gasteiger partial charge in [-0.3, -0.25) is 0 Å². The maximum absolute atomic E-state index is 9.71. The molecule has 1 unspecified atom stereocenters. The fraction of sp³-hybridized carbons (Fsp3) is 0.500. The summed E-state index contributed by atoms with van der Waals surface area (Å²) in [4.78, 5) is 19.3. The third-order valence-corrected chi connectivity index (χ3v) is 0.689. The van der Waals surface area contributed by atoms with Gasteiger partial charge in [0.25, 0.3) is 0 Å². The Morgan fingerprint density at radius 1 is 1.36 bits per heavy atom. The molecule has 2 N–H and O–H groups in total. The molecular weight excluding hydrogens is 189 g/mol. The van der Waals surface area contributed by atoms with Gasteiger partial charge in [0.05, 0.1) is 5.97 Å². The third kappa shape index (κ3) is 11.3. The number of carbonyl (C=O) groups is 2. The second kappa shape index (κ2) is 9.39. The smallest absolute Gasteiger partial charge is 0.550 e. The molecule has 0 aromatic rings. The SMILES string of the molecule is NC(CC(=O)[O-])C(=O)[O-].[K+].[Mg+2]. The predicted molar refractivity (Wildman–Crippen MR) is 28.4 cm³/mol. The van der Waals surface area contributed by atoms with Crippen LogP contribution in [0.1, 0.15) is 6.42 Å². The topological polar surface area (TPSA) is 106 Å². The first-order valence-corrected chi connectivity index (χ1v) is 2.20. The van der Waals surface area contributed by atoms with Crippen LogP contribution in [0.4, 0.5) is 0 Å². The molecule has 0 aromatic carbocycles. The van der Waals surface area contributed by atoms with Gasteiger partial charge in [-0.15, -0.1) is 0 Å². The molecule has 0 aliphatic heterocycles. The van der Waals surface area contributed by atoms with E-state index in [1.165, 1.54) is 0 Å². The average Bonchev–Trinajstić information content (AvgIpc) is 1.63. The molecule has 52 valence electrons. The zero-order valence-corrected chi connectivity index (χ0v) is 10.7. The van der Waals surface area contributed by atoms with E-state index >= 15 is 0 Å². The number of carboxylic acids is 2. The molecule has 0 saturated heterocycles. The first kappa shape index (κ1) is 18.2. The summed E-state index contributed by atoms with van der Waals surface area (Å²) in [6.07, 6.45) is -0.706. The van der Waals surface area contributed by atoms with E-state index in [0.29, 0.717) is 0 Å². The van der Waals surface area contributed by atoms with E-state index in [1.54, 1.807) is 0 Å². The number of hydrogen-bond donors (Lipinski definition) is 1. The largest absolute Gasteiger partial charge is 2.00 e. The van der Waals surface area contributed by atoms with E-state index < -0.39 is 24.4 Å². The van der Waals surface area contributed by atoms with Crippen LogP contribution in [0.3, 0.4) is 0 Å². The molecule has 0 aliphatic rings. The quantitative estimate of drug-likeness (QED) is 0.449. The second-order valence-electron chi connectivity index (χ2n) is 1.50. The Balaban J connectivity index is -0.000000320. The van der Waals surface area contributed by atoms with Crippen LogP contribution >= 0.6 is 0 Å². The van der Waals surface area contributed by atoms with Gasteiger partial charge in [-0.05, 0) is 0 Å². The minimum absolute atomic E-state index is 0. The van der Waals surface area contributed by atoms with Crippen LogP contribution in [0.25, 0.3) is 0 Å². The van der Waals surface area contributed by atoms with Gasteiger partial charge in [0.15, 0.2) is 0 Å². The van der Waals surface area contributed by atoms with Crippen LogP contribution in [0, 0.1) is 0 Å². The molecule has 0 saturated carbocycles. The van der Waals surface area contributed by atoms with Crippen LogP contribution in [0.5, 0.6) is 0 Å². The molecule has 0 bridgehead atoms. The first-order chi connectivity index (χ1) is 4.04. The zero-order chi connectivity index (χ0) is 7.44. The number of aliphatic carboxylic acids is 2. The number of rotatable bonds is 3. The van der Waals surface area contributed by atoms with Crippen molar-refractivity contribution in [1.82, 2.24) is 0 Å². The van der Waals surface area contributed by atoms with Gasteiger partial charge in [0.2, 0.25) is 0 Å². The van der Waals surface area contributed by atoms with Gasteiger partial charge in [-0.2, -0.15) is 0 Å². The summed E-state index contributed by atoms with van der Waals surface area (Å²) in [6.45, 7) is 0. The van der Waals surface area contributed by atoms with E-state index in [2.05, 4.69) is 0 Å². The summed E-state index contributed by atoms with van der Waals surface area (Å²) in [6, 6.07) is -1.46. The van der Waals surface area contributed by atoms with Crippen LogP contribution in [0.15, 0.2) is 0 Å². The van der Waals surface area contributed by atoms with Crippen molar-refractivity contribution in [3.63, 3.8) is 0 Å². The Labute approximate surface area is 122 Å². The van der Waals surface area contributed by atoms with Crippen LogP contribution in [-0.4, -0.2) is 41.0 Å². The maximum Gasteiger partial charge on any atom is 2.00 e. The van der Waals surface area contributed by atoms with E-state index in [-0.39, 0.29) is 74.4 Å². The van der Waals surface area contributed by atoms with Gasteiger partial charge in [0, 0.05) is 18.4 Å². The van der Waals surface area contributed by atoms with Gasteiger partial charge in [0.1, 0.15) is 0 Å². The molecule has 7 heteroatoms. The minimum atomic E-state index is -1.58. The second-order valence-corrected chi connectivity index (χ2v) is 1.50. The summed E-state index contributed by atoms with van der Waals surface area (Å²) < 4.78 is 0. The number of carboxylic acid groups (broad SMARTS) is 2. The van der Waals surface area contributed by atoms with Gasteiger partial charge in [-0.25, -0.2) is 0 Å². The molecule has 11 heavy (non-hydrogen) atoms.